The number of likely N-dealkylation sites (tertiary alicyclic amines) is 1. The number of carbonyl (C=O) groups excluding carboxylic acids is 1. The third-order valence-corrected chi connectivity index (χ3v) is 4.19. The SMILES string of the molecule is CC1CC(N)CN(CCC(=O)Nc2cc(Cl)ccc2Cl)C1. The summed E-state index contributed by atoms with van der Waals surface area (Å²) in [5.41, 5.74) is 6.56. The third kappa shape index (κ3) is 5.15. The van der Waals surface area contributed by atoms with E-state index in [-0.39, 0.29) is 11.9 Å². The van der Waals surface area contributed by atoms with Gasteiger partial charge in [0.15, 0.2) is 0 Å². The van der Waals surface area contributed by atoms with Crippen molar-refractivity contribution in [3.63, 3.8) is 0 Å². The lowest BCUT2D eigenvalue weighted by Gasteiger charge is -2.34. The molecule has 0 aromatic heterocycles. The zero-order valence-electron chi connectivity index (χ0n) is 12.1. The molecule has 1 fully saturated rings. The molecular weight excluding hydrogens is 309 g/mol. The molecule has 2 unspecified atom stereocenters. The predicted molar refractivity (Wildman–Crippen MR) is 87.9 cm³/mol. The second-order valence-corrected chi connectivity index (χ2v) is 6.63. The second kappa shape index (κ2) is 7.45. The van der Waals surface area contributed by atoms with E-state index in [4.69, 9.17) is 28.9 Å². The van der Waals surface area contributed by atoms with Crippen LogP contribution in [-0.4, -0.2) is 36.5 Å². The molecule has 1 aliphatic rings. The molecule has 3 N–H and O–H groups in total. The Morgan fingerprint density at radius 2 is 2.19 bits per heavy atom. The summed E-state index contributed by atoms with van der Waals surface area (Å²) in [6, 6.07) is 5.22. The number of nitrogens with zero attached hydrogens (tertiary/aromatic N) is 1. The van der Waals surface area contributed by atoms with E-state index in [1.54, 1.807) is 18.2 Å². The van der Waals surface area contributed by atoms with Gasteiger partial charge in [-0.15, -0.1) is 0 Å². The molecule has 21 heavy (non-hydrogen) atoms. The van der Waals surface area contributed by atoms with E-state index < -0.39 is 0 Å². The van der Waals surface area contributed by atoms with E-state index in [0.717, 1.165) is 19.5 Å². The van der Waals surface area contributed by atoms with E-state index in [1.807, 2.05) is 0 Å². The first-order valence-corrected chi connectivity index (χ1v) is 7.92. The zero-order valence-corrected chi connectivity index (χ0v) is 13.6. The monoisotopic (exact) mass is 329 g/mol. The molecule has 0 spiro atoms. The Hall–Kier alpha value is -0.810. The Morgan fingerprint density at radius 1 is 1.43 bits per heavy atom. The number of piperidine rings is 1. The molecule has 0 bridgehead atoms. The second-order valence-electron chi connectivity index (χ2n) is 5.78. The maximum absolute atomic E-state index is 12.0. The van der Waals surface area contributed by atoms with Gasteiger partial charge < -0.3 is 16.0 Å². The molecule has 0 aliphatic carbocycles. The van der Waals surface area contributed by atoms with Crippen LogP contribution >= 0.6 is 23.2 Å². The van der Waals surface area contributed by atoms with Gasteiger partial charge in [-0.25, -0.2) is 0 Å². The van der Waals surface area contributed by atoms with Crippen LogP contribution < -0.4 is 11.1 Å². The number of amides is 1. The highest BCUT2D eigenvalue weighted by Crippen LogP contribution is 2.25. The van der Waals surface area contributed by atoms with Crippen molar-refractivity contribution < 1.29 is 4.79 Å². The van der Waals surface area contributed by atoms with Crippen LogP contribution in [0.15, 0.2) is 18.2 Å². The fraction of sp³-hybridized carbons (Fsp3) is 0.533. The molecule has 6 heteroatoms. The Labute approximate surface area is 135 Å². The summed E-state index contributed by atoms with van der Waals surface area (Å²) in [6.07, 6.45) is 1.48. The number of hydrogen-bond acceptors (Lipinski definition) is 3. The van der Waals surface area contributed by atoms with Gasteiger partial charge in [0.2, 0.25) is 5.91 Å². The molecule has 1 saturated heterocycles. The van der Waals surface area contributed by atoms with Crippen molar-refractivity contribution in [1.82, 2.24) is 4.90 Å². The first-order valence-electron chi connectivity index (χ1n) is 7.17. The lowest BCUT2D eigenvalue weighted by atomic mass is 9.96. The first kappa shape index (κ1) is 16.6. The van der Waals surface area contributed by atoms with Crippen molar-refractivity contribution in [3.05, 3.63) is 28.2 Å². The summed E-state index contributed by atoms with van der Waals surface area (Å²) < 4.78 is 0. The lowest BCUT2D eigenvalue weighted by molar-refractivity contribution is -0.116. The Bertz CT molecular complexity index is 500. The van der Waals surface area contributed by atoms with Crippen molar-refractivity contribution in [2.45, 2.75) is 25.8 Å². The number of anilines is 1. The maximum Gasteiger partial charge on any atom is 0.225 e. The summed E-state index contributed by atoms with van der Waals surface area (Å²) in [7, 11) is 0. The van der Waals surface area contributed by atoms with Crippen LogP contribution in [0.4, 0.5) is 5.69 Å². The lowest BCUT2D eigenvalue weighted by Crippen LogP contribution is -2.47. The number of nitrogens with two attached hydrogens (primary N) is 1. The highest BCUT2D eigenvalue weighted by atomic mass is 35.5. The van der Waals surface area contributed by atoms with Crippen LogP contribution in [0, 0.1) is 5.92 Å². The van der Waals surface area contributed by atoms with Crippen LogP contribution in [-0.2, 0) is 4.79 Å². The van der Waals surface area contributed by atoms with Gasteiger partial charge in [0.1, 0.15) is 0 Å². The molecule has 2 atom stereocenters. The minimum absolute atomic E-state index is 0.0639. The van der Waals surface area contributed by atoms with E-state index >= 15 is 0 Å². The van der Waals surface area contributed by atoms with Gasteiger partial charge in [-0.2, -0.15) is 0 Å². The zero-order chi connectivity index (χ0) is 15.4. The Morgan fingerprint density at radius 3 is 2.90 bits per heavy atom. The normalized spacial score (nSPS) is 23.0. The van der Waals surface area contributed by atoms with Crippen LogP contribution in [0.1, 0.15) is 19.8 Å². The Balaban J connectivity index is 1.83. The summed E-state index contributed by atoms with van der Waals surface area (Å²) >= 11 is 11.9. The largest absolute Gasteiger partial charge is 0.327 e. The van der Waals surface area contributed by atoms with E-state index in [9.17, 15) is 4.79 Å². The van der Waals surface area contributed by atoms with Crippen LogP contribution in [0.5, 0.6) is 0 Å². The van der Waals surface area contributed by atoms with E-state index in [2.05, 4.69) is 17.1 Å². The maximum atomic E-state index is 12.0. The number of carbonyl (C=O) groups is 1. The van der Waals surface area contributed by atoms with Gasteiger partial charge in [-0.3, -0.25) is 4.79 Å². The quantitative estimate of drug-likeness (QED) is 0.892. The fourth-order valence-corrected chi connectivity index (χ4v) is 3.10. The molecule has 0 saturated carbocycles. The minimum Gasteiger partial charge on any atom is -0.327 e. The smallest absolute Gasteiger partial charge is 0.225 e. The molecule has 2 rings (SSSR count). The number of benzene rings is 1. The predicted octanol–water partition coefficient (Wildman–Crippen LogP) is 2.99. The summed E-state index contributed by atoms with van der Waals surface area (Å²) in [4.78, 5) is 14.3. The van der Waals surface area contributed by atoms with Gasteiger partial charge in [0, 0.05) is 37.1 Å². The van der Waals surface area contributed by atoms with Crippen LogP contribution in [0.2, 0.25) is 10.0 Å². The Kier molecular flexibility index (Phi) is 5.88. The van der Waals surface area contributed by atoms with Crippen molar-refractivity contribution in [2.75, 3.05) is 25.0 Å². The third-order valence-electron chi connectivity index (χ3n) is 3.63. The summed E-state index contributed by atoms with van der Waals surface area (Å²) in [6.45, 7) is 4.76. The molecule has 1 aromatic carbocycles. The molecule has 1 aromatic rings. The average Bonchev–Trinajstić information content (AvgIpc) is 2.40. The highest BCUT2D eigenvalue weighted by molar-refractivity contribution is 6.35. The van der Waals surface area contributed by atoms with Crippen molar-refractivity contribution in [1.29, 1.82) is 0 Å². The number of rotatable bonds is 4. The summed E-state index contributed by atoms with van der Waals surface area (Å²) in [5, 5.41) is 3.83. The standard InChI is InChI=1S/C15H21Cl2N3O/c1-10-6-12(18)9-20(8-10)5-4-15(21)19-14-7-11(16)2-3-13(14)17/h2-3,7,10,12H,4-6,8-9,18H2,1H3,(H,19,21). The van der Waals surface area contributed by atoms with Crippen molar-refractivity contribution >= 4 is 34.8 Å². The molecule has 0 radical (unpaired) electrons. The van der Waals surface area contributed by atoms with Crippen LogP contribution in [0.3, 0.4) is 0 Å². The number of hydrogen-bond donors (Lipinski definition) is 2. The van der Waals surface area contributed by atoms with Gasteiger partial charge in [0.25, 0.3) is 0 Å². The topological polar surface area (TPSA) is 58.4 Å². The van der Waals surface area contributed by atoms with Crippen LogP contribution in [0.25, 0.3) is 0 Å². The number of halogens is 2. The molecule has 4 nitrogen and oxygen atoms in total. The molecule has 1 heterocycles. The molecule has 1 aliphatic heterocycles. The van der Waals surface area contributed by atoms with E-state index in [1.165, 1.54) is 0 Å². The molecule has 116 valence electrons. The first-order chi connectivity index (χ1) is 9.94. The van der Waals surface area contributed by atoms with Gasteiger partial charge in [-0.05, 0) is 30.5 Å². The van der Waals surface area contributed by atoms with Gasteiger partial charge in [-0.1, -0.05) is 30.1 Å². The fourth-order valence-electron chi connectivity index (χ4n) is 2.76. The van der Waals surface area contributed by atoms with Gasteiger partial charge in [0.05, 0.1) is 10.7 Å². The highest BCUT2D eigenvalue weighted by Gasteiger charge is 2.22. The molecule has 1 amide bonds. The number of nitrogens with one attached hydrogen (secondary N) is 1. The summed E-state index contributed by atoms with van der Waals surface area (Å²) in [5.74, 6) is 0.519. The molecular formula is C15H21Cl2N3O. The van der Waals surface area contributed by atoms with Crippen molar-refractivity contribution in [3.8, 4) is 0 Å². The van der Waals surface area contributed by atoms with Crippen molar-refractivity contribution in [2.24, 2.45) is 11.7 Å². The van der Waals surface area contributed by atoms with E-state index in [0.29, 0.717) is 34.6 Å². The van der Waals surface area contributed by atoms with Gasteiger partial charge >= 0.3 is 0 Å². The minimum atomic E-state index is -0.0639. The average molecular weight is 330 g/mol.